The van der Waals surface area contributed by atoms with Gasteiger partial charge in [-0.1, -0.05) is 89.8 Å². The lowest BCUT2D eigenvalue weighted by Crippen LogP contribution is -2.09. The third-order valence-electron chi connectivity index (χ3n) is 6.67. The molecule has 0 bridgehead atoms. The lowest BCUT2D eigenvalue weighted by atomic mass is 10.0. The lowest BCUT2D eigenvalue weighted by Gasteiger charge is -2.08. The number of aromatic nitrogens is 2. The summed E-state index contributed by atoms with van der Waals surface area (Å²) in [5, 5.41) is 0. The number of carbonyl (C=O) groups is 1. The molecule has 0 saturated carbocycles. The molecule has 0 atom stereocenters. The van der Waals surface area contributed by atoms with Gasteiger partial charge < -0.3 is 4.74 Å². The number of carbonyl (C=O) groups excluding carboxylic acids is 1. The van der Waals surface area contributed by atoms with Crippen LogP contribution in [0, 0.1) is 5.82 Å². The highest BCUT2D eigenvalue weighted by Gasteiger charge is 2.13. The Balaban J connectivity index is 1.47. The Bertz CT molecular complexity index is 1080. The van der Waals surface area contributed by atoms with Gasteiger partial charge >= 0.3 is 5.97 Å². The zero-order chi connectivity index (χ0) is 26.3. The van der Waals surface area contributed by atoms with E-state index < -0.39 is 11.8 Å². The summed E-state index contributed by atoms with van der Waals surface area (Å²) in [6, 6.07) is 11.8. The van der Waals surface area contributed by atoms with Crippen LogP contribution in [-0.2, 0) is 12.8 Å². The monoisotopic (exact) mass is 504 g/mol. The van der Waals surface area contributed by atoms with Gasteiger partial charge in [-0.2, -0.15) is 0 Å². The quantitative estimate of drug-likeness (QED) is 0.111. The van der Waals surface area contributed by atoms with Gasteiger partial charge in [0.05, 0.1) is 5.56 Å². The van der Waals surface area contributed by atoms with Crippen LogP contribution in [0.25, 0.3) is 11.4 Å². The van der Waals surface area contributed by atoms with Crippen molar-refractivity contribution in [3.63, 3.8) is 0 Å². The summed E-state index contributed by atoms with van der Waals surface area (Å²) in [5.41, 5.74) is 3.22. The highest BCUT2D eigenvalue weighted by atomic mass is 19.1. The smallest absolute Gasteiger partial charge is 0.343 e. The van der Waals surface area contributed by atoms with Crippen LogP contribution in [0.15, 0.2) is 54.9 Å². The van der Waals surface area contributed by atoms with Crippen molar-refractivity contribution >= 4 is 5.97 Å². The molecule has 2 aromatic carbocycles. The number of aryl methyl sites for hydroxylation is 2. The largest absolute Gasteiger partial charge is 0.420 e. The molecule has 1 heterocycles. The number of hydrogen-bond acceptors (Lipinski definition) is 4. The minimum absolute atomic E-state index is 0.0456. The summed E-state index contributed by atoms with van der Waals surface area (Å²) in [6.07, 6.45) is 19.0. The summed E-state index contributed by atoms with van der Waals surface area (Å²) < 4.78 is 19.9. The second-order valence-corrected chi connectivity index (χ2v) is 9.83. The van der Waals surface area contributed by atoms with Crippen LogP contribution < -0.4 is 4.74 Å². The van der Waals surface area contributed by atoms with E-state index in [4.69, 9.17) is 4.74 Å². The minimum Gasteiger partial charge on any atom is -0.420 e. The van der Waals surface area contributed by atoms with Crippen LogP contribution in [0.4, 0.5) is 4.39 Å². The Morgan fingerprint density at radius 1 is 0.730 bits per heavy atom. The first kappa shape index (κ1) is 28.5. The van der Waals surface area contributed by atoms with Crippen LogP contribution in [0.5, 0.6) is 5.75 Å². The fourth-order valence-electron chi connectivity index (χ4n) is 4.37. The molecule has 0 aliphatic carbocycles. The molecule has 0 radical (unpaired) electrons. The maximum Gasteiger partial charge on any atom is 0.343 e. The summed E-state index contributed by atoms with van der Waals surface area (Å²) in [6.45, 7) is 4.42. The molecule has 0 spiro atoms. The fourth-order valence-corrected chi connectivity index (χ4v) is 4.37. The second-order valence-electron chi connectivity index (χ2n) is 9.83. The first-order valence-corrected chi connectivity index (χ1v) is 14.0. The average Bonchev–Trinajstić information content (AvgIpc) is 2.92. The third-order valence-corrected chi connectivity index (χ3v) is 6.67. The summed E-state index contributed by atoms with van der Waals surface area (Å²) in [7, 11) is 0. The Hall–Kier alpha value is -3.08. The van der Waals surface area contributed by atoms with E-state index in [9.17, 15) is 9.18 Å². The maximum absolute atomic E-state index is 14.6. The molecule has 0 unspecified atom stereocenters. The van der Waals surface area contributed by atoms with E-state index in [2.05, 4.69) is 23.8 Å². The first-order chi connectivity index (χ1) is 18.1. The minimum atomic E-state index is -0.589. The van der Waals surface area contributed by atoms with Gasteiger partial charge in [0.15, 0.2) is 17.4 Å². The van der Waals surface area contributed by atoms with Crippen molar-refractivity contribution in [3.05, 3.63) is 77.4 Å². The molecule has 37 heavy (non-hydrogen) atoms. The normalized spacial score (nSPS) is 11.0. The van der Waals surface area contributed by atoms with Crippen LogP contribution in [0.2, 0.25) is 0 Å². The van der Waals surface area contributed by atoms with Gasteiger partial charge in [-0.15, -0.1) is 0 Å². The summed E-state index contributed by atoms with van der Waals surface area (Å²) in [4.78, 5) is 21.5. The third kappa shape index (κ3) is 9.71. The maximum atomic E-state index is 14.6. The van der Waals surface area contributed by atoms with Crippen molar-refractivity contribution < 1.29 is 13.9 Å². The standard InChI is InChI=1S/C32H41FN2O2/c1-3-5-7-8-9-10-11-13-14-25-16-21-30(29(33)22-25)37-32(36)28-19-17-27(18-20-28)31-34-23-26(24-35-31)15-12-6-4-2/h16-24H,3-15H2,1-2H3. The Morgan fingerprint density at radius 2 is 1.30 bits per heavy atom. The van der Waals surface area contributed by atoms with Crippen LogP contribution >= 0.6 is 0 Å². The number of hydrogen-bond donors (Lipinski definition) is 0. The van der Waals surface area contributed by atoms with Gasteiger partial charge in [0, 0.05) is 18.0 Å². The number of rotatable bonds is 16. The van der Waals surface area contributed by atoms with Crippen molar-refractivity contribution in [2.75, 3.05) is 0 Å². The molecule has 1 aromatic heterocycles. The van der Waals surface area contributed by atoms with Gasteiger partial charge in [-0.05, 0) is 61.1 Å². The van der Waals surface area contributed by atoms with E-state index in [-0.39, 0.29) is 5.75 Å². The number of ether oxygens (including phenoxy) is 1. The average molecular weight is 505 g/mol. The fraction of sp³-hybridized carbons (Fsp3) is 0.469. The molecule has 5 heteroatoms. The Kier molecular flexibility index (Phi) is 12.2. The predicted octanol–water partition coefficient (Wildman–Crippen LogP) is 8.92. The zero-order valence-electron chi connectivity index (χ0n) is 22.5. The topological polar surface area (TPSA) is 52.1 Å². The van der Waals surface area contributed by atoms with E-state index in [0.717, 1.165) is 48.8 Å². The number of unbranched alkanes of at least 4 members (excludes halogenated alkanes) is 9. The van der Waals surface area contributed by atoms with Gasteiger partial charge in [0.25, 0.3) is 0 Å². The molecule has 4 nitrogen and oxygen atoms in total. The molecule has 3 aromatic rings. The van der Waals surface area contributed by atoms with Crippen molar-refractivity contribution in [1.29, 1.82) is 0 Å². The van der Waals surface area contributed by atoms with E-state index in [1.807, 2.05) is 18.5 Å². The highest BCUT2D eigenvalue weighted by Crippen LogP contribution is 2.22. The molecular formula is C32H41FN2O2. The molecule has 198 valence electrons. The van der Waals surface area contributed by atoms with Crippen LogP contribution in [-0.4, -0.2) is 15.9 Å². The van der Waals surface area contributed by atoms with Crippen LogP contribution in [0.3, 0.4) is 0 Å². The van der Waals surface area contributed by atoms with E-state index in [1.165, 1.54) is 57.4 Å². The number of nitrogens with zero attached hydrogens (tertiary/aromatic N) is 2. The number of halogens is 1. The molecule has 0 aliphatic rings. The van der Waals surface area contributed by atoms with Crippen LogP contribution in [0.1, 0.15) is 106 Å². The Morgan fingerprint density at radius 3 is 1.95 bits per heavy atom. The summed E-state index contributed by atoms with van der Waals surface area (Å²) >= 11 is 0. The zero-order valence-corrected chi connectivity index (χ0v) is 22.5. The molecule has 0 amide bonds. The van der Waals surface area contributed by atoms with Gasteiger partial charge in [0.2, 0.25) is 0 Å². The van der Waals surface area contributed by atoms with Crippen molar-refractivity contribution in [2.45, 2.75) is 97.3 Å². The van der Waals surface area contributed by atoms with Crippen molar-refractivity contribution in [3.8, 4) is 17.1 Å². The molecule has 0 aliphatic heterocycles. The van der Waals surface area contributed by atoms with E-state index in [1.54, 1.807) is 30.3 Å². The van der Waals surface area contributed by atoms with Gasteiger partial charge in [-0.25, -0.2) is 19.2 Å². The molecule has 0 N–H and O–H groups in total. The summed E-state index contributed by atoms with van der Waals surface area (Å²) in [5.74, 6) is -0.532. The van der Waals surface area contributed by atoms with E-state index in [0.29, 0.717) is 11.4 Å². The Labute approximate surface area is 221 Å². The number of benzene rings is 2. The molecular weight excluding hydrogens is 463 g/mol. The second kappa shape index (κ2) is 15.9. The van der Waals surface area contributed by atoms with Gasteiger partial charge in [-0.3, -0.25) is 0 Å². The van der Waals surface area contributed by atoms with Gasteiger partial charge in [0.1, 0.15) is 0 Å². The van der Waals surface area contributed by atoms with Crippen molar-refractivity contribution in [2.24, 2.45) is 0 Å². The van der Waals surface area contributed by atoms with E-state index >= 15 is 0 Å². The number of esters is 1. The van der Waals surface area contributed by atoms with Crippen molar-refractivity contribution in [1.82, 2.24) is 9.97 Å². The SMILES string of the molecule is CCCCCCCCCCc1ccc(OC(=O)c2ccc(-c3ncc(CCCCC)cn3)cc2)c(F)c1. The highest BCUT2D eigenvalue weighted by molar-refractivity contribution is 5.91. The lowest BCUT2D eigenvalue weighted by molar-refractivity contribution is 0.0728. The molecule has 0 fully saturated rings. The molecule has 0 saturated heterocycles. The molecule has 3 rings (SSSR count). The first-order valence-electron chi connectivity index (χ1n) is 14.0. The predicted molar refractivity (Wildman–Crippen MR) is 148 cm³/mol.